The van der Waals surface area contributed by atoms with Crippen LogP contribution in [0.5, 0.6) is 0 Å². The maximum absolute atomic E-state index is 12.8. The highest BCUT2D eigenvalue weighted by molar-refractivity contribution is 5.28. The zero-order chi connectivity index (χ0) is 15.6. The third kappa shape index (κ3) is 3.98. The van der Waals surface area contributed by atoms with Crippen LogP contribution in [-0.4, -0.2) is 31.6 Å². The lowest BCUT2D eigenvalue weighted by Crippen LogP contribution is -2.32. The SMILES string of the molecule is CNC(CN1CC(C)C(C)C1)c1cccc(C(F)(F)F)c1. The highest BCUT2D eigenvalue weighted by Gasteiger charge is 2.32. The predicted molar refractivity (Wildman–Crippen MR) is 78.0 cm³/mol. The van der Waals surface area contributed by atoms with E-state index in [-0.39, 0.29) is 6.04 Å². The number of hydrogen-bond donors (Lipinski definition) is 1. The van der Waals surface area contributed by atoms with Crippen molar-refractivity contribution in [1.82, 2.24) is 10.2 Å². The average Bonchev–Trinajstić information content (AvgIpc) is 2.74. The molecule has 1 aliphatic heterocycles. The summed E-state index contributed by atoms with van der Waals surface area (Å²) in [5.74, 6) is 1.29. The van der Waals surface area contributed by atoms with Gasteiger partial charge in [-0.05, 0) is 36.6 Å². The number of rotatable bonds is 4. The fraction of sp³-hybridized carbons (Fsp3) is 0.625. The number of nitrogens with zero attached hydrogens (tertiary/aromatic N) is 1. The van der Waals surface area contributed by atoms with E-state index in [0.29, 0.717) is 17.4 Å². The van der Waals surface area contributed by atoms with Crippen LogP contribution in [0, 0.1) is 11.8 Å². The minimum absolute atomic E-state index is 0.0789. The molecule has 1 aliphatic rings. The third-order valence-electron chi connectivity index (χ3n) is 4.47. The molecule has 3 unspecified atom stereocenters. The summed E-state index contributed by atoms with van der Waals surface area (Å²) in [6.07, 6.45) is -4.29. The van der Waals surface area contributed by atoms with Crippen molar-refractivity contribution >= 4 is 0 Å². The molecule has 0 aliphatic carbocycles. The van der Waals surface area contributed by atoms with E-state index in [1.165, 1.54) is 12.1 Å². The van der Waals surface area contributed by atoms with E-state index in [0.717, 1.165) is 25.7 Å². The molecule has 0 radical (unpaired) electrons. The van der Waals surface area contributed by atoms with E-state index in [1.807, 2.05) is 0 Å². The molecular formula is C16H23F3N2. The lowest BCUT2D eigenvalue weighted by molar-refractivity contribution is -0.137. The Morgan fingerprint density at radius 3 is 2.38 bits per heavy atom. The molecule has 2 rings (SSSR count). The Labute approximate surface area is 124 Å². The molecule has 118 valence electrons. The normalized spacial score (nSPS) is 25.2. The van der Waals surface area contributed by atoms with Crippen LogP contribution in [0.1, 0.15) is 31.0 Å². The molecule has 0 aromatic heterocycles. The van der Waals surface area contributed by atoms with Crippen LogP contribution >= 0.6 is 0 Å². The second kappa shape index (κ2) is 6.36. The summed E-state index contributed by atoms with van der Waals surface area (Å²) >= 11 is 0. The van der Waals surface area contributed by atoms with Crippen LogP contribution < -0.4 is 5.32 Å². The van der Waals surface area contributed by atoms with Crippen molar-refractivity contribution in [3.8, 4) is 0 Å². The summed E-state index contributed by atoms with van der Waals surface area (Å²) in [7, 11) is 1.80. The van der Waals surface area contributed by atoms with Gasteiger partial charge in [0.1, 0.15) is 0 Å². The Balaban J connectivity index is 2.11. The second-order valence-corrected chi connectivity index (χ2v) is 6.14. The zero-order valence-corrected chi connectivity index (χ0v) is 12.7. The maximum atomic E-state index is 12.8. The molecule has 1 saturated heterocycles. The maximum Gasteiger partial charge on any atom is 0.416 e. The Bertz CT molecular complexity index is 463. The van der Waals surface area contributed by atoms with Gasteiger partial charge in [-0.3, -0.25) is 0 Å². The highest BCUT2D eigenvalue weighted by atomic mass is 19.4. The Kier molecular flexibility index (Phi) is 4.94. The van der Waals surface area contributed by atoms with E-state index in [1.54, 1.807) is 13.1 Å². The summed E-state index contributed by atoms with van der Waals surface area (Å²) in [5, 5.41) is 3.14. The quantitative estimate of drug-likeness (QED) is 0.915. The van der Waals surface area contributed by atoms with Crippen molar-refractivity contribution in [3.05, 3.63) is 35.4 Å². The van der Waals surface area contributed by atoms with Crippen LogP contribution in [0.25, 0.3) is 0 Å². The summed E-state index contributed by atoms with van der Waals surface area (Å²) in [4.78, 5) is 2.33. The molecule has 1 N–H and O–H groups in total. The first-order valence-corrected chi connectivity index (χ1v) is 7.38. The van der Waals surface area contributed by atoms with Gasteiger partial charge in [0.2, 0.25) is 0 Å². The molecule has 1 aromatic rings. The Hall–Kier alpha value is -1.07. The molecule has 1 aromatic carbocycles. The molecule has 1 heterocycles. The van der Waals surface area contributed by atoms with E-state index in [2.05, 4.69) is 24.1 Å². The van der Waals surface area contributed by atoms with Crippen molar-refractivity contribution in [2.45, 2.75) is 26.1 Å². The molecule has 0 amide bonds. The molecule has 0 saturated carbocycles. The minimum Gasteiger partial charge on any atom is -0.312 e. The largest absolute Gasteiger partial charge is 0.416 e. The van der Waals surface area contributed by atoms with E-state index in [9.17, 15) is 13.2 Å². The van der Waals surface area contributed by atoms with Crippen molar-refractivity contribution in [2.24, 2.45) is 11.8 Å². The molecule has 0 spiro atoms. The topological polar surface area (TPSA) is 15.3 Å². The highest BCUT2D eigenvalue weighted by Crippen LogP contribution is 2.31. The molecule has 21 heavy (non-hydrogen) atoms. The van der Waals surface area contributed by atoms with Crippen molar-refractivity contribution in [1.29, 1.82) is 0 Å². The smallest absolute Gasteiger partial charge is 0.312 e. The van der Waals surface area contributed by atoms with Gasteiger partial charge >= 0.3 is 6.18 Å². The van der Waals surface area contributed by atoms with Gasteiger partial charge in [-0.25, -0.2) is 0 Å². The van der Waals surface area contributed by atoms with Crippen LogP contribution in [-0.2, 0) is 6.18 Å². The number of benzene rings is 1. The fourth-order valence-electron chi connectivity index (χ4n) is 2.95. The zero-order valence-electron chi connectivity index (χ0n) is 12.7. The van der Waals surface area contributed by atoms with Crippen LogP contribution in [0.15, 0.2) is 24.3 Å². The minimum atomic E-state index is -4.29. The molecule has 1 fully saturated rings. The van der Waals surface area contributed by atoms with Crippen LogP contribution in [0.4, 0.5) is 13.2 Å². The van der Waals surface area contributed by atoms with Crippen molar-refractivity contribution in [3.63, 3.8) is 0 Å². The number of likely N-dealkylation sites (tertiary alicyclic amines) is 1. The monoisotopic (exact) mass is 300 g/mol. The predicted octanol–water partition coefficient (Wildman–Crippen LogP) is 3.55. The fourth-order valence-corrected chi connectivity index (χ4v) is 2.95. The van der Waals surface area contributed by atoms with E-state index >= 15 is 0 Å². The van der Waals surface area contributed by atoms with Gasteiger partial charge in [0.05, 0.1) is 5.56 Å². The summed E-state index contributed by atoms with van der Waals surface area (Å²) in [6, 6.07) is 5.54. The summed E-state index contributed by atoms with van der Waals surface area (Å²) < 4.78 is 38.4. The Morgan fingerprint density at radius 2 is 1.86 bits per heavy atom. The summed E-state index contributed by atoms with van der Waals surface area (Å²) in [6.45, 7) is 7.22. The third-order valence-corrected chi connectivity index (χ3v) is 4.47. The first kappa shape index (κ1) is 16.3. The molecular weight excluding hydrogens is 277 g/mol. The lowest BCUT2D eigenvalue weighted by atomic mass is 10.0. The second-order valence-electron chi connectivity index (χ2n) is 6.14. The van der Waals surface area contributed by atoms with E-state index in [4.69, 9.17) is 0 Å². The number of nitrogens with one attached hydrogen (secondary N) is 1. The van der Waals surface area contributed by atoms with Crippen LogP contribution in [0.3, 0.4) is 0 Å². The van der Waals surface area contributed by atoms with Gasteiger partial charge in [0.25, 0.3) is 0 Å². The number of halogens is 3. The van der Waals surface area contributed by atoms with Crippen LogP contribution in [0.2, 0.25) is 0 Å². The number of hydrogen-bond acceptors (Lipinski definition) is 2. The van der Waals surface area contributed by atoms with Gasteiger partial charge in [-0.2, -0.15) is 13.2 Å². The standard InChI is InChI=1S/C16H23F3N2/c1-11-8-21(9-12(11)2)10-15(20-3)13-5-4-6-14(7-13)16(17,18)19/h4-7,11-12,15,20H,8-10H2,1-3H3. The lowest BCUT2D eigenvalue weighted by Gasteiger charge is -2.24. The van der Waals surface area contributed by atoms with Gasteiger partial charge in [-0.1, -0.05) is 26.0 Å². The summed E-state index contributed by atoms with van der Waals surface area (Å²) in [5.41, 5.74) is 0.114. The van der Waals surface area contributed by atoms with Gasteiger partial charge in [-0.15, -0.1) is 0 Å². The average molecular weight is 300 g/mol. The molecule has 3 atom stereocenters. The number of likely N-dealkylation sites (N-methyl/N-ethyl adjacent to an activating group) is 1. The van der Waals surface area contributed by atoms with E-state index < -0.39 is 11.7 Å². The molecule has 0 bridgehead atoms. The van der Waals surface area contributed by atoms with Gasteiger partial charge in [0.15, 0.2) is 0 Å². The molecule has 2 nitrogen and oxygen atoms in total. The first-order chi connectivity index (χ1) is 9.81. The van der Waals surface area contributed by atoms with Crippen molar-refractivity contribution < 1.29 is 13.2 Å². The van der Waals surface area contributed by atoms with Gasteiger partial charge < -0.3 is 10.2 Å². The number of alkyl halides is 3. The Morgan fingerprint density at radius 1 is 1.24 bits per heavy atom. The molecule has 5 heteroatoms. The van der Waals surface area contributed by atoms with Crippen molar-refractivity contribution in [2.75, 3.05) is 26.7 Å². The first-order valence-electron chi connectivity index (χ1n) is 7.38. The van der Waals surface area contributed by atoms with Gasteiger partial charge in [0, 0.05) is 25.7 Å².